The molecule has 0 rings (SSSR count). The Morgan fingerprint density at radius 3 is 1.11 bits per heavy atom. The van der Waals surface area contributed by atoms with Gasteiger partial charge in [-0.15, -0.1) is 0 Å². The fourth-order valence-corrected chi connectivity index (χ4v) is 2.01. The lowest BCUT2D eigenvalue weighted by Crippen LogP contribution is -3.00. The Morgan fingerprint density at radius 1 is 0.889 bits per heavy atom. The van der Waals surface area contributed by atoms with E-state index in [4.69, 9.17) is 0 Å². The zero-order chi connectivity index (χ0) is 6.62. The Balaban J connectivity index is 0. The molecule has 0 spiro atoms. The van der Waals surface area contributed by atoms with Gasteiger partial charge in [0.15, 0.2) is 0 Å². The Labute approximate surface area is 58.7 Å². The van der Waals surface area contributed by atoms with E-state index in [-0.39, 0.29) is 4.70 Å². The third-order valence-corrected chi connectivity index (χ3v) is 6.87. The van der Waals surface area contributed by atoms with E-state index in [2.05, 4.69) is 27.4 Å². The Hall–Kier alpha value is 0.360. The second-order valence-corrected chi connectivity index (χ2v) is 7.70. The summed E-state index contributed by atoms with van der Waals surface area (Å²) in [5, 5.41) is 0. The topological polar surface area (TPSA) is 0 Å². The van der Waals surface area contributed by atoms with Crippen LogP contribution in [-0.4, -0.2) is 25.2 Å². The average molecular weight is 152 g/mol. The highest BCUT2D eigenvalue weighted by Gasteiger charge is 2.22. The van der Waals surface area contributed by atoms with Crippen LogP contribution < -0.4 is 4.70 Å². The van der Waals surface area contributed by atoms with Crippen molar-refractivity contribution in [3.63, 3.8) is 0 Å². The lowest BCUT2D eigenvalue weighted by molar-refractivity contribution is -0.00000202. The summed E-state index contributed by atoms with van der Waals surface area (Å²) in [6, 6.07) is 0. The van der Waals surface area contributed by atoms with Gasteiger partial charge in [-0.3, -0.25) is 0 Å². The van der Waals surface area contributed by atoms with Crippen LogP contribution in [0.3, 0.4) is 0 Å². The molecular formula is C7H18FP. The van der Waals surface area contributed by atoms with Crippen molar-refractivity contribution in [2.75, 3.05) is 25.2 Å². The van der Waals surface area contributed by atoms with E-state index in [1.165, 1.54) is 18.5 Å². The quantitative estimate of drug-likeness (QED) is 0.487. The van der Waals surface area contributed by atoms with Crippen LogP contribution >= 0.6 is 7.26 Å². The summed E-state index contributed by atoms with van der Waals surface area (Å²) >= 11 is 0. The molecule has 0 aromatic carbocycles. The van der Waals surface area contributed by atoms with E-state index in [1.54, 1.807) is 0 Å². The van der Waals surface area contributed by atoms with Crippen molar-refractivity contribution in [1.29, 1.82) is 0 Å². The summed E-state index contributed by atoms with van der Waals surface area (Å²) in [6.45, 7) is 9.43. The molecule has 58 valence electrons. The maximum absolute atomic E-state index is 2.47. The molecule has 9 heavy (non-hydrogen) atoms. The molecule has 0 saturated carbocycles. The van der Waals surface area contributed by atoms with E-state index >= 15 is 0 Å². The maximum Gasteiger partial charge on any atom is 0.0563 e. The highest BCUT2D eigenvalue weighted by molar-refractivity contribution is 7.75. The van der Waals surface area contributed by atoms with Crippen molar-refractivity contribution in [3.05, 3.63) is 0 Å². The third kappa shape index (κ3) is 3.86. The Bertz CT molecular complexity index is 51.7. The van der Waals surface area contributed by atoms with Gasteiger partial charge in [0.1, 0.15) is 0 Å². The second kappa shape index (κ2) is 5.17. The summed E-state index contributed by atoms with van der Waals surface area (Å²) in [6.07, 6.45) is 4.29. The lowest BCUT2D eigenvalue weighted by Gasteiger charge is -2.16. The van der Waals surface area contributed by atoms with E-state index in [9.17, 15) is 0 Å². The fraction of sp³-hybridized carbons (Fsp3) is 1.00. The molecule has 0 heterocycles. The van der Waals surface area contributed by atoms with Gasteiger partial charge in [-0.05, 0) is 20.8 Å². The molecule has 0 N–H and O–H groups in total. The van der Waals surface area contributed by atoms with Crippen molar-refractivity contribution >= 4 is 7.26 Å². The molecular weight excluding hydrogens is 134 g/mol. The Morgan fingerprint density at radius 2 is 1.11 bits per heavy atom. The van der Waals surface area contributed by atoms with E-state index in [0.717, 1.165) is 0 Å². The van der Waals surface area contributed by atoms with Gasteiger partial charge in [0, 0.05) is 13.9 Å². The predicted molar refractivity (Wildman–Crippen MR) is 44.5 cm³/mol. The first-order chi connectivity index (χ1) is 3.68. The third-order valence-electron chi connectivity index (χ3n) is 2.29. The zero-order valence-electron chi connectivity index (χ0n) is 6.95. The van der Waals surface area contributed by atoms with Crippen molar-refractivity contribution < 1.29 is 4.70 Å². The minimum atomic E-state index is -0.412. The molecule has 0 saturated heterocycles. The maximum atomic E-state index is 2.47. The summed E-state index contributed by atoms with van der Waals surface area (Å²) in [4.78, 5) is 0. The van der Waals surface area contributed by atoms with Gasteiger partial charge in [0.2, 0.25) is 0 Å². The molecule has 0 fully saturated rings. The van der Waals surface area contributed by atoms with Crippen LogP contribution in [0.1, 0.15) is 20.8 Å². The molecule has 0 bridgehead atoms. The molecule has 0 aliphatic carbocycles. The van der Waals surface area contributed by atoms with Crippen LogP contribution in [0.15, 0.2) is 0 Å². The fourth-order valence-electron chi connectivity index (χ4n) is 0.671. The van der Waals surface area contributed by atoms with Crippen LogP contribution in [-0.2, 0) is 0 Å². The van der Waals surface area contributed by atoms with E-state index in [0.29, 0.717) is 0 Å². The molecule has 0 radical (unpaired) electrons. The van der Waals surface area contributed by atoms with E-state index in [1.807, 2.05) is 0 Å². The molecule has 0 amide bonds. The number of halogens is 1. The predicted octanol–water partition coefficient (Wildman–Crippen LogP) is -0.302. The zero-order valence-corrected chi connectivity index (χ0v) is 7.84. The summed E-state index contributed by atoms with van der Waals surface area (Å²) < 4.78 is 0. The van der Waals surface area contributed by atoms with Gasteiger partial charge >= 0.3 is 0 Å². The van der Waals surface area contributed by atoms with Crippen molar-refractivity contribution in [3.8, 4) is 0 Å². The van der Waals surface area contributed by atoms with Crippen LogP contribution in [0.2, 0.25) is 0 Å². The highest BCUT2D eigenvalue weighted by Crippen LogP contribution is 2.53. The largest absolute Gasteiger partial charge is 1.00 e. The molecule has 0 aromatic heterocycles. The summed E-state index contributed by atoms with van der Waals surface area (Å²) in [5.41, 5.74) is 0. The first-order valence-corrected chi connectivity index (χ1v) is 6.31. The van der Waals surface area contributed by atoms with Crippen LogP contribution in [0.5, 0.6) is 0 Å². The first-order valence-electron chi connectivity index (χ1n) is 3.52. The van der Waals surface area contributed by atoms with Gasteiger partial charge in [-0.25, -0.2) is 0 Å². The van der Waals surface area contributed by atoms with Crippen molar-refractivity contribution in [2.24, 2.45) is 0 Å². The monoisotopic (exact) mass is 152 g/mol. The van der Waals surface area contributed by atoms with Gasteiger partial charge in [0.05, 0.1) is 18.5 Å². The smallest absolute Gasteiger partial charge is 0.0563 e. The SMILES string of the molecule is CC[P+](C)(CC)CC.[F-]. The number of hydrogen-bond donors (Lipinski definition) is 0. The molecule has 0 aliphatic rings. The standard InChI is InChI=1S/C7H18P.FH/c1-5-8(4,6-2)7-3;/h5-7H2,1-4H3;1H/q+1;/p-1. The molecule has 0 atom stereocenters. The van der Waals surface area contributed by atoms with Crippen LogP contribution in [0.25, 0.3) is 0 Å². The normalized spacial score (nSPS) is 10.7. The van der Waals surface area contributed by atoms with Gasteiger partial charge in [-0.1, -0.05) is 0 Å². The van der Waals surface area contributed by atoms with Gasteiger partial charge < -0.3 is 4.70 Å². The Kier molecular flexibility index (Phi) is 6.94. The molecule has 0 nitrogen and oxygen atoms in total. The molecule has 0 aliphatic heterocycles. The van der Waals surface area contributed by atoms with Gasteiger partial charge in [0.25, 0.3) is 0 Å². The molecule has 2 heteroatoms. The lowest BCUT2D eigenvalue weighted by atomic mass is 10.9. The van der Waals surface area contributed by atoms with Gasteiger partial charge in [-0.2, -0.15) is 0 Å². The van der Waals surface area contributed by atoms with E-state index < -0.39 is 7.26 Å². The molecule has 0 aromatic rings. The number of hydrogen-bond acceptors (Lipinski definition) is 0. The van der Waals surface area contributed by atoms with Crippen LogP contribution in [0.4, 0.5) is 0 Å². The minimum Gasteiger partial charge on any atom is -1.00 e. The van der Waals surface area contributed by atoms with Crippen LogP contribution in [0, 0.1) is 0 Å². The highest BCUT2D eigenvalue weighted by atomic mass is 31.2. The minimum absolute atomic E-state index is 0. The van der Waals surface area contributed by atoms with Crippen molar-refractivity contribution in [1.82, 2.24) is 0 Å². The summed E-state index contributed by atoms with van der Waals surface area (Å²) in [7, 11) is -0.412. The molecule has 0 unspecified atom stereocenters. The van der Waals surface area contributed by atoms with Crippen molar-refractivity contribution in [2.45, 2.75) is 20.8 Å². The number of rotatable bonds is 3. The first kappa shape index (κ1) is 12.1. The second-order valence-electron chi connectivity index (χ2n) is 2.57. The summed E-state index contributed by atoms with van der Waals surface area (Å²) in [5.74, 6) is 0. The average Bonchev–Trinajstić information content (AvgIpc) is 1.87.